The molecule has 2 aromatic carbocycles. The molecule has 0 aliphatic carbocycles. The van der Waals surface area contributed by atoms with E-state index in [1.54, 1.807) is 0 Å². The number of nitrogens with one attached hydrogen (secondary N) is 1. The highest BCUT2D eigenvalue weighted by molar-refractivity contribution is 9.10. The van der Waals surface area contributed by atoms with Crippen LogP contribution in [0.4, 0.5) is 0 Å². The average Bonchev–Trinajstić information content (AvgIpc) is 2.46. The lowest BCUT2D eigenvalue weighted by Gasteiger charge is -2.15. The van der Waals surface area contributed by atoms with Gasteiger partial charge in [0.15, 0.2) is 0 Å². The van der Waals surface area contributed by atoms with Gasteiger partial charge < -0.3 is 5.32 Å². The average molecular weight is 350 g/mol. The van der Waals surface area contributed by atoms with Crippen molar-refractivity contribution in [3.8, 4) is 6.07 Å². The van der Waals surface area contributed by atoms with Crippen molar-refractivity contribution in [3.63, 3.8) is 0 Å². The van der Waals surface area contributed by atoms with E-state index >= 15 is 0 Å². The van der Waals surface area contributed by atoms with Gasteiger partial charge in [0.1, 0.15) is 0 Å². The Balaban J connectivity index is 2.00. The van der Waals surface area contributed by atoms with Crippen LogP contribution in [-0.4, -0.2) is 0 Å². The van der Waals surface area contributed by atoms with Crippen LogP contribution in [0.15, 0.2) is 46.9 Å². The third-order valence-corrected chi connectivity index (χ3v) is 4.00. The summed E-state index contributed by atoms with van der Waals surface area (Å²) >= 11 is 9.59. The van der Waals surface area contributed by atoms with E-state index in [1.807, 2.05) is 42.5 Å². The number of halogens is 2. The quantitative estimate of drug-likeness (QED) is 0.858. The van der Waals surface area contributed by atoms with Crippen LogP contribution in [-0.2, 0) is 6.54 Å². The van der Waals surface area contributed by atoms with Crippen molar-refractivity contribution in [2.45, 2.75) is 19.5 Å². The molecule has 1 atom stereocenters. The molecule has 0 bridgehead atoms. The van der Waals surface area contributed by atoms with Crippen LogP contribution < -0.4 is 5.32 Å². The molecule has 0 amide bonds. The summed E-state index contributed by atoms with van der Waals surface area (Å²) in [6.07, 6.45) is 0. The predicted octanol–water partition coefficient (Wildman–Crippen LogP) is 4.82. The Kier molecular flexibility index (Phi) is 5.19. The Labute approximate surface area is 132 Å². The standard InChI is InChI=1S/C16H14BrClN2/c1-11(13-4-2-12(9-19)3-5-13)20-10-14-6-7-15(17)8-16(14)18/h2-8,11,20H,10H2,1H3. The molecule has 1 N–H and O–H groups in total. The molecule has 4 heteroatoms. The molecule has 0 saturated carbocycles. The minimum Gasteiger partial charge on any atom is -0.306 e. The molecule has 0 heterocycles. The van der Waals surface area contributed by atoms with Gasteiger partial charge >= 0.3 is 0 Å². The predicted molar refractivity (Wildman–Crippen MR) is 85.6 cm³/mol. The maximum absolute atomic E-state index is 8.79. The largest absolute Gasteiger partial charge is 0.306 e. The molecule has 20 heavy (non-hydrogen) atoms. The number of rotatable bonds is 4. The van der Waals surface area contributed by atoms with Gasteiger partial charge in [-0.3, -0.25) is 0 Å². The molecule has 0 aliphatic heterocycles. The summed E-state index contributed by atoms with van der Waals surface area (Å²) in [6.45, 7) is 2.79. The molecule has 2 rings (SSSR count). The van der Waals surface area contributed by atoms with E-state index in [0.717, 1.165) is 20.6 Å². The Morgan fingerprint density at radius 3 is 2.55 bits per heavy atom. The molecular formula is C16H14BrClN2. The van der Waals surface area contributed by atoms with Crippen LogP contribution in [0.25, 0.3) is 0 Å². The molecule has 0 saturated heterocycles. The van der Waals surface area contributed by atoms with Crippen molar-refractivity contribution < 1.29 is 0 Å². The minimum atomic E-state index is 0.197. The van der Waals surface area contributed by atoms with E-state index in [9.17, 15) is 0 Å². The number of hydrogen-bond acceptors (Lipinski definition) is 2. The highest BCUT2D eigenvalue weighted by atomic mass is 79.9. The van der Waals surface area contributed by atoms with E-state index in [1.165, 1.54) is 0 Å². The maximum atomic E-state index is 8.79. The van der Waals surface area contributed by atoms with Crippen molar-refractivity contribution in [3.05, 3.63) is 68.7 Å². The zero-order valence-corrected chi connectivity index (χ0v) is 13.4. The van der Waals surface area contributed by atoms with Crippen LogP contribution in [0.5, 0.6) is 0 Å². The zero-order valence-electron chi connectivity index (χ0n) is 11.0. The fraction of sp³-hybridized carbons (Fsp3) is 0.188. The maximum Gasteiger partial charge on any atom is 0.0991 e. The molecule has 0 fully saturated rings. The molecule has 0 aromatic heterocycles. The monoisotopic (exact) mass is 348 g/mol. The fourth-order valence-electron chi connectivity index (χ4n) is 1.89. The summed E-state index contributed by atoms with van der Waals surface area (Å²) in [5, 5.41) is 13.0. The van der Waals surface area contributed by atoms with Gasteiger partial charge in [0.2, 0.25) is 0 Å². The lowest BCUT2D eigenvalue weighted by atomic mass is 10.1. The second-order valence-corrected chi connectivity index (χ2v) is 5.90. The molecule has 0 radical (unpaired) electrons. The number of nitriles is 1. The molecule has 2 aromatic rings. The van der Waals surface area contributed by atoms with Gasteiger partial charge in [0, 0.05) is 22.1 Å². The Morgan fingerprint density at radius 2 is 1.95 bits per heavy atom. The van der Waals surface area contributed by atoms with Gasteiger partial charge in [-0.15, -0.1) is 0 Å². The third-order valence-electron chi connectivity index (χ3n) is 3.15. The SMILES string of the molecule is CC(NCc1ccc(Br)cc1Cl)c1ccc(C#N)cc1. The van der Waals surface area contributed by atoms with E-state index in [4.69, 9.17) is 16.9 Å². The van der Waals surface area contributed by atoms with E-state index < -0.39 is 0 Å². The van der Waals surface area contributed by atoms with Crippen LogP contribution in [0.3, 0.4) is 0 Å². The third kappa shape index (κ3) is 3.83. The van der Waals surface area contributed by atoms with E-state index in [2.05, 4.69) is 34.2 Å². The van der Waals surface area contributed by atoms with Gasteiger partial charge in [-0.1, -0.05) is 45.7 Å². The topological polar surface area (TPSA) is 35.8 Å². The summed E-state index contributed by atoms with van der Waals surface area (Å²) in [4.78, 5) is 0. The summed E-state index contributed by atoms with van der Waals surface area (Å²) in [5.74, 6) is 0. The van der Waals surface area contributed by atoms with Gasteiger partial charge in [-0.2, -0.15) is 5.26 Å². The Bertz CT molecular complexity index is 632. The van der Waals surface area contributed by atoms with Crippen LogP contribution in [0.1, 0.15) is 29.7 Å². The smallest absolute Gasteiger partial charge is 0.0991 e. The van der Waals surface area contributed by atoms with Crippen LogP contribution >= 0.6 is 27.5 Å². The van der Waals surface area contributed by atoms with Crippen LogP contribution in [0, 0.1) is 11.3 Å². The first-order chi connectivity index (χ1) is 9.60. The van der Waals surface area contributed by atoms with Gasteiger partial charge in [-0.05, 0) is 42.3 Å². The first-order valence-electron chi connectivity index (χ1n) is 6.27. The second kappa shape index (κ2) is 6.90. The van der Waals surface area contributed by atoms with Gasteiger partial charge in [-0.25, -0.2) is 0 Å². The van der Waals surface area contributed by atoms with Crippen molar-refractivity contribution in [1.82, 2.24) is 5.32 Å². The molecule has 0 spiro atoms. The summed E-state index contributed by atoms with van der Waals surface area (Å²) < 4.78 is 0.978. The highest BCUT2D eigenvalue weighted by Gasteiger charge is 2.07. The van der Waals surface area contributed by atoms with Gasteiger partial charge in [0.25, 0.3) is 0 Å². The number of hydrogen-bond donors (Lipinski definition) is 1. The first kappa shape index (κ1) is 15.1. The minimum absolute atomic E-state index is 0.197. The molecule has 2 nitrogen and oxygen atoms in total. The zero-order chi connectivity index (χ0) is 14.5. The van der Waals surface area contributed by atoms with Crippen molar-refractivity contribution in [2.75, 3.05) is 0 Å². The lowest BCUT2D eigenvalue weighted by Crippen LogP contribution is -2.18. The van der Waals surface area contributed by atoms with E-state index in [0.29, 0.717) is 12.1 Å². The number of benzene rings is 2. The molecule has 0 aliphatic rings. The lowest BCUT2D eigenvalue weighted by molar-refractivity contribution is 0.575. The molecule has 102 valence electrons. The first-order valence-corrected chi connectivity index (χ1v) is 7.44. The normalized spacial score (nSPS) is 11.9. The van der Waals surface area contributed by atoms with Crippen molar-refractivity contribution in [1.29, 1.82) is 5.26 Å². The summed E-state index contributed by atoms with van der Waals surface area (Å²) in [6, 6.07) is 15.8. The Hall–Kier alpha value is -1.34. The second-order valence-electron chi connectivity index (χ2n) is 4.57. The highest BCUT2D eigenvalue weighted by Crippen LogP contribution is 2.22. The van der Waals surface area contributed by atoms with Crippen LogP contribution in [0.2, 0.25) is 5.02 Å². The van der Waals surface area contributed by atoms with Crippen molar-refractivity contribution >= 4 is 27.5 Å². The van der Waals surface area contributed by atoms with Gasteiger partial charge in [0.05, 0.1) is 11.6 Å². The fourth-order valence-corrected chi connectivity index (χ4v) is 2.63. The van der Waals surface area contributed by atoms with E-state index in [-0.39, 0.29) is 6.04 Å². The summed E-state index contributed by atoms with van der Waals surface area (Å²) in [5.41, 5.74) is 2.89. The molecule has 1 unspecified atom stereocenters. The van der Waals surface area contributed by atoms with Crippen molar-refractivity contribution in [2.24, 2.45) is 0 Å². The Morgan fingerprint density at radius 1 is 1.25 bits per heavy atom. The summed E-state index contributed by atoms with van der Waals surface area (Å²) in [7, 11) is 0. The number of nitrogens with zero attached hydrogens (tertiary/aromatic N) is 1. The molecular weight excluding hydrogens is 336 g/mol.